The van der Waals surface area contributed by atoms with Crippen molar-refractivity contribution in [2.75, 3.05) is 0 Å². The zero-order valence-corrected chi connectivity index (χ0v) is 17.9. The molecule has 0 saturated carbocycles. The van der Waals surface area contributed by atoms with Crippen molar-refractivity contribution >= 4 is 11.8 Å². The summed E-state index contributed by atoms with van der Waals surface area (Å²) in [4.78, 5) is 0.220. The average molecular weight is 431 g/mol. The van der Waals surface area contributed by atoms with Crippen LogP contribution < -0.4 is 4.74 Å². The van der Waals surface area contributed by atoms with Crippen LogP contribution in [0, 0.1) is 0 Å². The lowest BCUT2D eigenvalue weighted by molar-refractivity contribution is -0.0328. The summed E-state index contributed by atoms with van der Waals surface area (Å²) in [7, 11) is 0. The summed E-state index contributed by atoms with van der Waals surface area (Å²) in [6.07, 6.45) is 2.82. The number of para-hydroxylation sites is 1. The maximum absolute atomic E-state index is 12.5. The van der Waals surface area contributed by atoms with Crippen molar-refractivity contribution in [1.82, 2.24) is 0 Å². The summed E-state index contributed by atoms with van der Waals surface area (Å²) < 4.78 is 43.4. The molecule has 5 heteroatoms. The molecule has 158 valence electrons. The Morgan fingerprint density at radius 2 is 1.47 bits per heavy atom. The monoisotopic (exact) mass is 430 g/mol. The SMILES string of the molecule is CC(C)(CCCc1cccc(Oc2ccccc2)c1)c1ccc(SC(F)(F)F)cc1. The Balaban J connectivity index is 1.55. The lowest BCUT2D eigenvalue weighted by atomic mass is 9.80. The summed E-state index contributed by atoms with van der Waals surface area (Å²) in [5.74, 6) is 1.62. The van der Waals surface area contributed by atoms with Gasteiger partial charge in [0.2, 0.25) is 0 Å². The third kappa shape index (κ3) is 6.84. The maximum Gasteiger partial charge on any atom is 0.446 e. The Bertz CT molecular complexity index is 935. The van der Waals surface area contributed by atoms with Gasteiger partial charge in [0.05, 0.1) is 0 Å². The predicted molar refractivity (Wildman–Crippen MR) is 117 cm³/mol. The van der Waals surface area contributed by atoms with Gasteiger partial charge in [-0.25, -0.2) is 0 Å². The maximum atomic E-state index is 12.5. The van der Waals surface area contributed by atoms with Gasteiger partial charge in [0.1, 0.15) is 11.5 Å². The number of halogens is 3. The van der Waals surface area contributed by atoms with Crippen LogP contribution in [-0.4, -0.2) is 5.51 Å². The van der Waals surface area contributed by atoms with Crippen molar-refractivity contribution in [2.45, 2.75) is 48.9 Å². The standard InChI is InChI=1S/C25H25F3OS/c1-24(2,20-13-15-23(16-14-20)30-25(26,27)28)17-7-9-19-8-6-12-22(18-19)29-21-10-4-3-5-11-21/h3-6,8,10-16,18H,7,9,17H2,1-2H3. The number of benzene rings is 3. The van der Waals surface area contributed by atoms with Crippen molar-refractivity contribution in [3.8, 4) is 11.5 Å². The van der Waals surface area contributed by atoms with E-state index >= 15 is 0 Å². The highest BCUT2D eigenvalue weighted by Crippen LogP contribution is 2.38. The van der Waals surface area contributed by atoms with Crippen LogP contribution in [0.5, 0.6) is 11.5 Å². The van der Waals surface area contributed by atoms with E-state index in [-0.39, 0.29) is 22.1 Å². The van der Waals surface area contributed by atoms with Crippen LogP contribution in [0.1, 0.15) is 37.8 Å². The molecule has 0 aromatic heterocycles. The van der Waals surface area contributed by atoms with Gasteiger partial charge in [-0.3, -0.25) is 0 Å². The highest BCUT2D eigenvalue weighted by Gasteiger charge is 2.29. The quantitative estimate of drug-likeness (QED) is 0.332. The van der Waals surface area contributed by atoms with Crippen LogP contribution in [0.4, 0.5) is 13.2 Å². The third-order valence-electron chi connectivity index (χ3n) is 5.01. The average Bonchev–Trinajstić information content (AvgIpc) is 2.68. The normalized spacial score (nSPS) is 12.0. The van der Waals surface area contributed by atoms with E-state index in [1.165, 1.54) is 5.56 Å². The third-order valence-corrected chi connectivity index (χ3v) is 5.75. The molecule has 0 amide bonds. The Hall–Kier alpha value is -2.40. The number of alkyl halides is 3. The minimum atomic E-state index is -4.25. The molecular weight excluding hydrogens is 405 g/mol. The fourth-order valence-corrected chi connectivity index (χ4v) is 3.92. The topological polar surface area (TPSA) is 9.23 Å². The first-order valence-electron chi connectivity index (χ1n) is 9.89. The van der Waals surface area contributed by atoms with E-state index in [9.17, 15) is 13.2 Å². The molecule has 3 rings (SSSR count). The number of hydrogen-bond donors (Lipinski definition) is 0. The van der Waals surface area contributed by atoms with Gasteiger partial charge in [-0.05, 0) is 84.0 Å². The van der Waals surface area contributed by atoms with Crippen LogP contribution in [0.15, 0.2) is 83.8 Å². The molecule has 0 bridgehead atoms. The van der Waals surface area contributed by atoms with E-state index in [1.807, 2.05) is 54.6 Å². The number of hydrogen-bond acceptors (Lipinski definition) is 2. The first-order valence-corrected chi connectivity index (χ1v) is 10.7. The summed E-state index contributed by atoms with van der Waals surface area (Å²) in [6, 6.07) is 24.5. The van der Waals surface area contributed by atoms with E-state index in [4.69, 9.17) is 4.74 Å². The van der Waals surface area contributed by atoms with Gasteiger partial charge in [-0.2, -0.15) is 13.2 Å². The molecule has 1 nitrogen and oxygen atoms in total. The van der Waals surface area contributed by atoms with Gasteiger partial charge >= 0.3 is 5.51 Å². The summed E-state index contributed by atoms with van der Waals surface area (Å²) in [6.45, 7) is 4.27. The second kappa shape index (κ2) is 9.61. The van der Waals surface area contributed by atoms with Gasteiger partial charge in [-0.1, -0.05) is 56.3 Å². The second-order valence-electron chi connectivity index (χ2n) is 7.87. The molecule has 0 atom stereocenters. The predicted octanol–water partition coefficient (Wildman–Crippen LogP) is 8.39. The summed E-state index contributed by atoms with van der Waals surface area (Å²) >= 11 is -0.0748. The lowest BCUT2D eigenvalue weighted by Crippen LogP contribution is -2.17. The van der Waals surface area contributed by atoms with E-state index in [0.29, 0.717) is 0 Å². The van der Waals surface area contributed by atoms with Crippen molar-refractivity contribution in [3.05, 3.63) is 90.0 Å². The summed E-state index contributed by atoms with van der Waals surface area (Å²) in [5.41, 5.74) is -2.11. The fraction of sp³-hybridized carbons (Fsp3) is 0.280. The van der Waals surface area contributed by atoms with E-state index < -0.39 is 5.51 Å². The fourth-order valence-electron chi connectivity index (χ4n) is 3.38. The van der Waals surface area contributed by atoms with Crippen LogP contribution in [0.3, 0.4) is 0 Å². The molecule has 3 aromatic rings. The lowest BCUT2D eigenvalue weighted by Gasteiger charge is -2.25. The molecule has 3 aromatic carbocycles. The van der Waals surface area contributed by atoms with Gasteiger partial charge in [0, 0.05) is 4.90 Å². The smallest absolute Gasteiger partial charge is 0.446 e. The molecule has 0 saturated heterocycles. The van der Waals surface area contributed by atoms with Crippen LogP contribution in [0.25, 0.3) is 0 Å². The Morgan fingerprint density at radius 1 is 0.800 bits per heavy atom. The van der Waals surface area contributed by atoms with Gasteiger partial charge < -0.3 is 4.74 Å². The van der Waals surface area contributed by atoms with Gasteiger partial charge in [0.25, 0.3) is 0 Å². The van der Waals surface area contributed by atoms with Crippen molar-refractivity contribution in [3.63, 3.8) is 0 Å². The largest absolute Gasteiger partial charge is 0.457 e. The molecule has 0 radical (unpaired) electrons. The minimum Gasteiger partial charge on any atom is -0.457 e. The van der Waals surface area contributed by atoms with E-state index in [1.54, 1.807) is 12.1 Å². The van der Waals surface area contributed by atoms with E-state index in [2.05, 4.69) is 26.0 Å². The van der Waals surface area contributed by atoms with Crippen molar-refractivity contribution < 1.29 is 17.9 Å². The minimum absolute atomic E-state index is 0.0748. The molecule has 0 N–H and O–H groups in total. The molecule has 0 aliphatic rings. The zero-order chi connectivity index (χ0) is 21.6. The van der Waals surface area contributed by atoms with Gasteiger partial charge in [-0.15, -0.1) is 0 Å². The molecule has 0 fully saturated rings. The van der Waals surface area contributed by atoms with Crippen molar-refractivity contribution in [1.29, 1.82) is 0 Å². The second-order valence-corrected chi connectivity index (χ2v) is 9.01. The first-order chi connectivity index (χ1) is 14.2. The summed E-state index contributed by atoms with van der Waals surface area (Å²) in [5, 5.41) is 0. The molecule has 0 unspecified atom stereocenters. The molecule has 0 aliphatic carbocycles. The highest BCUT2D eigenvalue weighted by molar-refractivity contribution is 8.00. The Morgan fingerprint density at radius 3 is 2.13 bits per heavy atom. The number of aryl methyl sites for hydroxylation is 1. The zero-order valence-electron chi connectivity index (χ0n) is 17.1. The molecule has 0 spiro atoms. The molecule has 0 heterocycles. The Labute approximate surface area is 180 Å². The van der Waals surface area contributed by atoms with Crippen LogP contribution in [-0.2, 0) is 11.8 Å². The van der Waals surface area contributed by atoms with E-state index in [0.717, 1.165) is 36.3 Å². The Kier molecular flexibility index (Phi) is 7.14. The highest BCUT2D eigenvalue weighted by atomic mass is 32.2. The first kappa shape index (κ1) is 22.3. The van der Waals surface area contributed by atoms with Crippen molar-refractivity contribution in [2.24, 2.45) is 0 Å². The van der Waals surface area contributed by atoms with Crippen LogP contribution in [0.2, 0.25) is 0 Å². The number of rotatable bonds is 8. The number of thioether (sulfide) groups is 1. The molecular formula is C25H25F3OS. The number of ether oxygens (including phenoxy) is 1. The molecule has 30 heavy (non-hydrogen) atoms. The molecule has 0 aliphatic heterocycles. The van der Waals surface area contributed by atoms with Crippen LogP contribution >= 0.6 is 11.8 Å². The van der Waals surface area contributed by atoms with Gasteiger partial charge in [0.15, 0.2) is 0 Å².